The van der Waals surface area contributed by atoms with Gasteiger partial charge >= 0.3 is 0 Å². The van der Waals surface area contributed by atoms with E-state index in [0.717, 1.165) is 19.0 Å². The quantitative estimate of drug-likeness (QED) is 0.712. The predicted octanol–water partition coefficient (Wildman–Crippen LogP) is 2.78. The molecule has 0 amide bonds. The van der Waals surface area contributed by atoms with Crippen LogP contribution in [-0.2, 0) is 0 Å². The molecule has 1 aliphatic rings. The van der Waals surface area contributed by atoms with Gasteiger partial charge in [0, 0.05) is 24.2 Å². The van der Waals surface area contributed by atoms with Crippen LogP contribution in [-0.4, -0.2) is 47.3 Å². The summed E-state index contributed by atoms with van der Waals surface area (Å²) in [6, 6.07) is 1.20. The fraction of sp³-hybridized carbons (Fsp3) is 1.00. The maximum Gasteiger partial charge on any atom is 0.0611 e. The van der Waals surface area contributed by atoms with Crippen LogP contribution < -0.4 is 5.32 Å². The third-order valence-corrected chi connectivity index (χ3v) is 4.31. The average molecular weight is 270 g/mol. The molecule has 1 fully saturated rings. The summed E-state index contributed by atoms with van der Waals surface area (Å²) in [5.41, 5.74) is -0.137. The van der Waals surface area contributed by atoms with Gasteiger partial charge < -0.3 is 15.3 Å². The minimum Gasteiger partial charge on any atom is -0.394 e. The number of likely N-dealkylation sites (tertiary alicyclic amines) is 1. The van der Waals surface area contributed by atoms with Gasteiger partial charge in [0.25, 0.3) is 0 Å². The van der Waals surface area contributed by atoms with E-state index in [0.29, 0.717) is 6.04 Å². The van der Waals surface area contributed by atoms with Gasteiger partial charge in [-0.05, 0) is 39.2 Å². The highest BCUT2D eigenvalue weighted by Crippen LogP contribution is 2.22. The second kappa shape index (κ2) is 8.23. The van der Waals surface area contributed by atoms with Crippen molar-refractivity contribution in [3.8, 4) is 0 Å². The van der Waals surface area contributed by atoms with E-state index in [-0.39, 0.29) is 12.1 Å². The Labute approximate surface area is 119 Å². The Balaban J connectivity index is 2.47. The van der Waals surface area contributed by atoms with Gasteiger partial charge in [0.1, 0.15) is 0 Å². The van der Waals surface area contributed by atoms with E-state index in [4.69, 9.17) is 0 Å². The molecule has 2 atom stereocenters. The van der Waals surface area contributed by atoms with Gasteiger partial charge in [-0.1, -0.05) is 33.6 Å². The zero-order valence-electron chi connectivity index (χ0n) is 13.4. The molecule has 0 spiro atoms. The first-order valence-corrected chi connectivity index (χ1v) is 8.13. The second-order valence-corrected chi connectivity index (χ2v) is 6.74. The van der Waals surface area contributed by atoms with Crippen LogP contribution in [0.25, 0.3) is 0 Å². The molecule has 19 heavy (non-hydrogen) atoms. The molecule has 2 unspecified atom stereocenters. The van der Waals surface area contributed by atoms with Crippen LogP contribution in [0.4, 0.5) is 0 Å². The second-order valence-electron chi connectivity index (χ2n) is 6.74. The van der Waals surface area contributed by atoms with E-state index in [1.807, 2.05) is 0 Å². The van der Waals surface area contributed by atoms with Crippen LogP contribution in [0.1, 0.15) is 66.2 Å². The molecule has 0 aromatic rings. The normalized spacial score (nSPS) is 24.6. The molecule has 0 radical (unpaired) electrons. The molecule has 0 aromatic heterocycles. The highest BCUT2D eigenvalue weighted by molar-refractivity contribution is 4.87. The van der Waals surface area contributed by atoms with Gasteiger partial charge in [0.2, 0.25) is 0 Å². The lowest BCUT2D eigenvalue weighted by Gasteiger charge is -2.39. The zero-order chi connectivity index (χ0) is 14.3. The molecular formula is C16H34N2O. The fourth-order valence-corrected chi connectivity index (χ4v) is 3.30. The lowest BCUT2D eigenvalue weighted by atomic mass is 9.94. The topological polar surface area (TPSA) is 35.5 Å². The SMILES string of the molecule is CCCC1CCCCN1CCC(C)(CO)NC(C)C. The molecule has 0 aromatic carbocycles. The number of piperidine rings is 1. The van der Waals surface area contributed by atoms with Crippen LogP contribution in [0.5, 0.6) is 0 Å². The number of aliphatic hydroxyl groups excluding tert-OH is 1. The Morgan fingerprint density at radius 2 is 2.11 bits per heavy atom. The van der Waals surface area contributed by atoms with Gasteiger partial charge in [-0.2, -0.15) is 0 Å². The molecule has 0 bridgehead atoms. The summed E-state index contributed by atoms with van der Waals surface area (Å²) in [7, 11) is 0. The van der Waals surface area contributed by atoms with E-state index in [9.17, 15) is 5.11 Å². The van der Waals surface area contributed by atoms with Gasteiger partial charge in [-0.3, -0.25) is 0 Å². The lowest BCUT2D eigenvalue weighted by molar-refractivity contribution is 0.0995. The van der Waals surface area contributed by atoms with Gasteiger partial charge in [0.15, 0.2) is 0 Å². The Hall–Kier alpha value is -0.120. The van der Waals surface area contributed by atoms with Crippen LogP contribution in [0.2, 0.25) is 0 Å². The Morgan fingerprint density at radius 3 is 2.68 bits per heavy atom. The largest absolute Gasteiger partial charge is 0.394 e. The van der Waals surface area contributed by atoms with Gasteiger partial charge in [0.05, 0.1) is 6.61 Å². The molecule has 3 heteroatoms. The maximum atomic E-state index is 9.65. The number of nitrogens with zero attached hydrogens (tertiary/aromatic N) is 1. The van der Waals surface area contributed by atoms with Crippen molar-refractivity contribution in [1.29, 1.82) is 0 Å². The number of hydrogen-bond donors (Lipinski definition) is 2. The highest BCUT2D eigenvalue weighted by atomic mass is 16.3. The Bertz CT molecular complexity index is 243. The first kappa shape index (κ1) is 16.9. The molecular weight excluding hydrogens is 236 g/mol. The van der Waals surface area contributed by atoms with E-state index < -0.39 is 0 Å². The zero-order valence-corrected chi connectivity index (χ0v) is 13.4. The molecule has 1 aliphatic heterocycles. The monoisotopic (exact) mass is 270 g/mol. The molecule has 3 nitrogen and oxygen atoms in total. The first-order chi connectivity index (χ1) is 9.00. The smallest absolute Gasteiger partial charge is 0.0611 e. The van der Waals surface area contributed by atoms with Crippen molar-refractivity contribution in [2.24, 2.45) is 0 Å². The molecule has 0 saturated carbocycles. The minimum atomic E-state index is -0.137. The third-order valence-electron chi connectivity index (χ3n) is 4.31. The Morgan fingerprint density at radius 1 is 1.37 bits per heavy atom. The molecule has 1 heterocycles. The number of hydrogen-bond acceptors (Lipinski definition) is 3. The van der Waals surface area contributed by atoms with E-state index in [1.165, 1.54) is 38.6 Å². The van der Waals surface area contributed by atoms with Gasteiger partial charge in [-0.25, -0.2) is 0 Å². The summed E-state index contributed by atoms with van der Waals surface area (Å²) in [6.07, 6.45) is 7.73. The summed E-state index contributed by atoms with van der Waals surface area (Å²) in [4.78, 5) is 2.66. The molecule has 114 valence electrons. The first-order valence-electron chi connectivity index (χ1n) is 8.13. The highest BCUT2D eigenvalue weighted by Gasteiger charge is 2.27. The van der Waals surface area contributed by atoms with Crippen LogP contribution in [0.15, 0.2) is 0 Å². The summed E-state index contributed by atoms with van der Waals surface area (Å²) < 4.78 is 0. The van der Waals surface area contributed by atoms with E-state index >= 15 is 0 Å². The summed E-state index contributed by atoms with van der Waals surface area (Å²) in [5, 5.41) is 13.2. The average Bonchev–Trinajstić information content (AvgIpc) is 2.37. The van der Waals surface area contributed by atoms with Crippen LogP contribution in [0.3, 0.4) is 0 Å². The van der Waals surface area contributed by atoms with Crippen molar-refractivity contribution in [1.82, 2.24) is 10.2 Å². The lowest BCUT2D eigenvalue weighted by Crippen LogP contribution is -2.52. The third kappa shape index (κ3) is 5.80. The Kier molecular flexibility index (Phi) is 7.33. The van der Waals surface area contributed by atoms with Crippen molar-refractivity contribution < 1.29 is 5.11 Å². The van der Waals surface area contributed by atoms with Crippen molar-refractivity contribution in [3.05, 3.63) is 0 Å². The van der Waals surface area contributed by atoms with Crippen LogP contribution >= 0.6 is 0 Å². The number of aliphatic hydroxyl groups is 1. The predicted molar refractivity (Wildman–Crippen MR) is 82.5 cm³/mol. The molecule has 1 saturated heterocycles. The fourth-order valence-electron chi connectivity index (χ4n) is 3.30. The number of nitrogens with one attached hydrogen (secondary N) is 1. The van der Waals surface area contributed by atoms with E-state index in [2.05, 4.69) is 37.9 Å². The van der Waals surface area contributed by atoms with Crippen molar-refractivity contribution >= 4 is 0 Å². The molecule has 2 N–H and O–H groups in total. The standard InChI is InChI=1S/C16H34N2O/c1-5-8-15-9-6-7-11-18(15)12-10-16(4,13-19)17-14(2)3/h14-15,17,19H,5-13H2,1-4H3. The van der Waals surface area contributed by atoms with Crippen molar-refractivity contribution in [2.75, 3.05) is 19.7 Å². The van der Waals surface area contributed by atoms with Crippen LogP contribution in [0, 0.1) is 0 Å². The van der Waals surface area contributed by atoms with Crippen molar-refractivity contribution in [2.45, 2.75) is 83.8 Å². The van der Waals surface area contributed by atoms with Gasteiger partial charge in [-0.15, -0.1) is 0 Å². The number of rotatable bonds is 8. The van der Waals surface area contributed by atoms with Crippen molar-refractivity contribution in [3.63, 3.8) is 0 Å². The summed E-state index contributed by atoms with van der Waals surface area (Å²) in [5.74, 6) is 0. The molecule has 0 aliphatic carbocycles. The summed E-state index contributed by atoms with van der Waals surface area (Å²) in [6.45, 7) is 11.3. The minimum absolute atomic E-state index is 0.137. The maximum absolute atomic E-state index is 9.65. The summed E-state index contributed by atoms with van der Waals surface area (Å²) >= 11 is 0. The molecule has 1 rings (SSSR count). The van der Waals surface area contributed by atoms with E-state index in [1.54, 1.807) is 0 Å².